The zero-order valence-corrected chi connectivity index (χ0v) is 19.4. The third kappa shape index (κ3) is 3.11. The van der Waals surface area contributed by atoms with Crippen LogP contribution in [0.3, 0.4) is 0 Å². The van der Waals surface area contributed by atoms with Crippen molar-refractivity contribution in [1.29, 1.82) is 0 Å². The van der Waals surface area contributed by atoms with Gasteiger partial charge < -0.3 is 9.47 Å². The first-order valence-electron chi connectivity index (χ1n) is 10.8. The van der Waals surface area contributed by atoms with E-state index in [1.165, 1.54) is 27.8 Å². The van der Waals surface area contributed by atoms with Crippen LogP contribution in [-0.4, -0.2) is 14.2 Å². The molecule has 0 N–H and O–H groups in total. The summed E-state index contributed by atoms with van der Waals surface area (Å²) in [6, 6.07) is 36.9. The maximum Gasteiger partial charge on any atom is 0.118 e. The first-order valence-corrected chi connectivity index (χ1v) is 11.6. The number of ether oxygens (including phenoxy) is 2. The Hall–Kier alpha value is -3.17. The van der Waals surface area contributed by atoms with Crippen LogP contribution in [0.2, 0.25) is 0 Å². The summed E-state index contributed by atoms with van der Waals surface area (Å²) in [5, 5.41) is 0. The summed E-state index contributed by atoms with van der Waals surface area (Å²) in [7, 11) is 3.42. The van der Waals surface area contributed by atoms with Crippen molar-refractivity contribution in [2.45, 2.75) is 16.4 Å². The molecule has 0 aromatic heterocycles. The van der Waals surface area contributed by atoms with Gasteiger partial charge in [-0.05, 0) is 53.4 Å². The molecule has 3 heteroatoms. The van der Waals surface area contributed by atoms with E-state index in [9.17, 15) is 0 Å². The van der Waals surface area contributed by atoms with Gasteiger partial charge in [-0.25, -0.2) is 0 Å². The van der Waals surface area contributed by atoms with Crippen LogP contribution >= 0.6 is 11.8 Å². The van der Waals surface area contributed by atoms with Gasteiger partial charge in [-0.2, -0.15) is 0 Å². The molecule has 4 aromatic rings. The summed E-state index contributed by atoms with van der Waals surface area (Å²) in [6.07, 6.45) is 0. The molecule has 0 radical (unpaired) electrons. The molecule has 5 rings (SSSR count). The average molecular weight is 439 g/mol. The average Bonchev–Trinajstić information content (AvgIpc) is 3.57. The Morgan fingerprint density at radius 1 is 0.500 bits per heavy atom. The molecule has 0 amide bonds. The van der Waals surface area contributed by atoms with Crippen molar-refractivity contribution < 1.29 is 9.47 Å². The standard InChI is InChI=1S/C29H26O2S/c1-21-9-11-23(12-10-21)28(22-7-5-4-6-8-22)29(32-28,24-13-17-26(30-2)18-14-24)25-15-19-27(31-3)20-16-25/h4-20H,1-3H3. The Labute approximate surface area is 194 Å². The van der Waals surface area contributed by atoms with E-state index in [0.29, 0.717) is 0 Å². The van der Waals surface area contributed by atoms with Crippen LogP contribution < -0.4 is 9.47 Å². The molecular formula is C29H26O2S. The number of rotatable bonds is 6. The lowest BCUT2D eigenvalue weighted by molar-refractivity contribution is 0.414. The van der Waals surface area contributed by atoms with Crippen molar-refractivity contribution in [2.24, 2.45) is 0 Å². The highest BCUT2D eigenvalue weighted by atomic mass is 32.2. The van der Waals surface area contributed by atoms with Gasteiger partial charge in [-0.1, -0.05) is 84.4 Å². The molecule has 1 unspecified atom stereocenters. The second kappa shape index (κ2) is 8.07. The maximum atomic E-state index is 5.45. The minimum atomic E-state index is -0.262. The van der Waals surface area contributed by atoms with Crippen LogP contribution in [-0.2, 0) is 9.49 Å². The molecule has 160 valence electrons. The van der Waals surface area contributed by atoms with Crippen molar-refractivity contribution >= 4 is 11.8 Å². The Kier molecular flexibility index (Phi) is 5.22. The second-order valence-corrected chi connectivity index (χ2v) is 9.58. The molecule has 4 aromatic carbocycles. The smallest absolute Gasteiger partial charge is 0.118 e. The summed E-state index contributed by atoms with van der Waals surface area (Å²) < 4.78 is 10.4. The predicted octanol–water partition coefficient (Wildman–Crippen LogP) is 6.95. The third-order valence-electron chi connectivity index (χ3n) is 6.39. The Morgan fingerprint density at radius 3 is 1.28 bits per heavy atom. The van der Waals surface area contributed by atoms with Gasteiger partial charge in [0.25, 0.3) is 0 Å². The molecule has 0 bridgehead atoms. The van der Waals surface area contributed by atoms with E-state index < -0.39 is 0 Å². The molecule has 32 heavy (non-hydrogen) atoms. The third-order valence-corrected chi connectivity index (χ3v) is 8.36. The van der Waals surface area contributed by atoms with E-state index >= 15 is 0 Å². The quantitative estimate of drug-likeness (QED) is 0.304. The fourth-order valence-electron chi connectivity index (χ4n) is 4.70. The normalized spacial score (nSPS) is 18.7. The lowest BCUT2D eigenvalue weighted by atomic mass is 9.73. The van der Waals surface area contributed by atoms with E-state index in [-0.39, 0.29) is 9.49 Å². The Morgan fingerprint density at radius 2 is 0.875 bits per heavy atom. The largest absolute Gasteiger partial charge is 0.497 e. The van der Waals surface area contributed by atoms with Gasteiger partial charge >= 0.3 is 0 Å². The minimum Gasteiger partial charge on any atom is -0.497 e. The molecule has 0 spiro atoms. The van der Waals surface area contributed by atoms with Gasteiger partial charge in [0, 0.05) is 0 Å². The second-order valence-electron chi connectivity index (χ2n) is 8.15. The number of hydrogen-bond donors (Lipinski definition) is 0. The molecule has 0 aliphatic carbocycles. The Balaban J connectivity index is 1.77. The summed E-state index contributed by atoms with van der Waals surface area (Å²) in [5.41, 5.74) is 6.41. The molecule has 1 fully saturated rings. The number of hydrogen-bond acceptors (Lipinski definition) is 3. The van der Waals surface area contributed by atoms with E-state index in [0.717, 1.165) is 11.5 Å². The van der Waals surface area contributed by atoms with Crippen molar-refractivity contribution in [2.75, 3.05) is 14.2 Å². The fourth-order valence-corrected chi connectivity index (χ4v) is 6.59. The van der Waals surface area contributed by atoms with Crippen LogP contribution in [0.4, 0.5) is 0 Å². The van der Waals surface area contributed by atoms with Gasteiger partial charge in [0.2, 0.25) is 0 Å². The van der Waals surface area contributed by atoms with Gasteiger partial charge in [0.15, 0.2) is 0 Å². The molecule has 1 atom stereocenters. The zero-order valence-electron chi connectivity index (χ0n) is 18.5. The van der Waals surface area contributed by atoms with Crippen molar-refractivity contribution in [3.8, 4) is 11.5 Å². The van der Waals surface area contributed by atoms with E-state index in [4.69, 9.17) is 9.47 Å². The van der Waals surface area contributed by atoms with Crippen molar-refractivity contribution in [3.05, 3.63) is 131 Å². The Bertz CT molecular complexity index is 1150. The highest BCUT2D eigenvalue weighted by molar-refractivity contribution is 8.09. The van der Waals surface area contributed by atoms with E-state index in [2.05, 4.69) is 110 Å². The SMILES string of the molecule is COc1ccc(C2(c3ccc(OC)cc3)SC2(c2ccccc2)c2ccc(C)cc2)cc1. The number of aryl methyl sites for hydroxylation is 1. The van der Waals surface area contributed by atoms with Crippen LogP contribution in [0.1, 0.15) is 27.8 Å². The molecule has 0 saturated carbocycles. The van der Waals surface area contributed by atoms with Gasteiger partial charge in [0.05, 0.1) is 23.7 Å². The zero-order chi connectivity index (χ0) is 22.2. The van der Waals surface area contributed by atoms with Gasteiger partial charge in [0.1, 0.15) is 11.5 Å². The summed E-state index contributed by atoms with van der Waals surface area (Å²) in [5.74, 6) is 1.73. The lowest BCUT2D eigenvalue weighted by Gasteiger charge is -2.26. The maximum absolute atomic E-state index is 5.45. The molecule has 2 nitrogen and oxygen atoms in total. The first kappa shape index (κ1) is 20.7. The van der Waals surface area contributed by atoms with Crippen LogP contribution in [0.5, 0.6) is 11.5 Å². The van der Waals surface area contributed by atoms with Crippen LogP contribution in [0, 0.1) is 6.92 Å². The summed E-state index contributed by atoms with van der Waals surface area (Å²) >= 11 is 2.00. The van der Waals surface area contributed by atoms with Crippen LogP contribution in [0.25, 0.3) is 0 Å². The molecule has 1 heterocycles. The lowest BCUT2D eigenvalue weighted by Crippen LogP contribution is -2.25. The molecule has 1 saturated heterocycles. The van der Waals surface area contributed by atoms with Crippen molar-refractivity contribution in [1.82, 2.24) is 0 Å². The number of thioether (sulfide) groups is 1. The summed E-state index contributed by atoms with van der Waals surface area (Å²) in [4.78, 5) is 0. The number of methoxy groups -OCH3 is 2. The van der Waals surface area contributed by atoms with Crippen molar-refractivity contribution in [3.63, 3.8) is 0 Å². The monoisotopic (exact) mass is 438 g/mol. The van der Waals surface area contributed by atoms with Crippen LogP contribution in [0.15, 0.2) is 103 Å². The highest BCUT2D eigenvalue weighted by Crippen LogP contribution is 2.80. The fraction of sp³-hybridized carbons (Fsp3) is 0.172. The molecule has 1 aliphatic heterocycles. The van der Waals surface area contributed by atoms with Gasteiger partial charge in [-0.15, -0.1) is 11.8 Å². The molecule has 1 aliphatic rings. The predicted molar refractivity (Wildman–Crippen MR) is 133 cm³/mol. The first-order chi connectivity index (χ1) is 15.6. The highest BCUT2D eigenvalue weighted by Gasteiger charge is 2.72. The summed E-state index contributed by atoms with van der Waals surface area (Å²) in [6.45, 7) is 2.14. The van der Waals surface area contributed by atoms with E-state index in [1.54, 1.807) is 14.2 Å². The molecular weight excluding hydrogens is 412 g/mol. The van der Waals surface area contributed by atoms with E-state index in [1.807, 2.05) is 11.8 Å². The topological polar surface area (TPSA) is 18.5 Å². The number of benzene rings is 4. The minimum absolute atomic E-state index is 0.231. The van der Waals surface area contributed by atoms with Gasteiger partial charge in [-0.3, -0.25) is 0 Å².